The van der Waals surface area contributed by atoms with Gasteiger partial charge in [0.2, 0.25) is 0 Å². The fourth-order valence-corrected chi connectivity index (χ4v) is 9.03. The molecule has 0 unspecified atom stereocenters. The maximum absolute atomic E-state index is 12.8. The number of unbranched alkanes of at least 4 members (excludes halogenated alkanes) is 42. The summed E-state index contributed by atoms with van der Waals surface area (Å²) < 4.78 is 16.9. The standard InChI is InChI=1S/C60H114O6/c1-4-7-10-13-16-19-22-25-28-29-30-33-35-38-41-44-47-50-53-59(62)65-56-57(66-60(63)54-51-48-45-42-39-36-32-27-24-21-18-15-12-9-6-3)55-64-58(61)52-49-46-43-40-37-34-31-26-23-20-17-14-11-8-5-2/h21,24,57H,4-20,22-23,25-56H2,1-3H3/b24-21+/t57-/m1/s1. The lowest BCUT2D eigenvalue weighted by molar-refractivity contribution is -0.167. The summed E-state index contributed by atoms with van der Waals surface area (Å²) >= 11 is 0. The number of hydrogen-bond donors (Lipinski definition) is 0. The maximum Gasteiger partial charge on any atom is 0.306 e. The zero-order valence-corrected chi connectivity index (χ0v) is 44.7. The first kappa shape index (κ1) is 64.2. The van der Waals surface area contributed by atoms with Gasteiger partial charge in [0.1, 0.15) is 13.2 Å². The number of rotatable bonds is 55. The predicted octanol–water partition coefficient (Wildman–Crippen LogP) is 19.7. The topological polar surface area (TPSA) is 78.9 Å². The molecule has 6 heteroatoms. The lowest BCUT2D eigenvalue weighted by Gasteiger charge is -2.18. The summed E-state index contributed by atoms with van der Waals surface area (Å²) in [5.74, 6) is -0.844. The fourth-order valence-electron chi connectivity index (χ4n) is 9.03. The van der Waals surface area contributed by atoms with Crippen LogP contribution in [-0.2, 0) is 28.6 Å². The zero-order valence-electron chi connectivity index (χ0n) is 44.7. The molecule has 0 saturated heterocycles. The summed E-state index contributed by atoms with van der Waals surface area (Å²) in [7, 11) is 0. The highest BCUT2D eigenvalue weighted by atomic mass is 16.6. The second-order valence-corrected chi connectivity index (χ2v) is 20.3. The molecular formula is C60H114O6. The third kappa shape index (κ3) is 53.1. The maximum atomic E-state index is 12.8. The van der Waals surface area contributed by atoms with E-state index in [1.807, 2.05) is 0 Å². The van der Waals surface area contributed by atoms with Crippen LogP contribution in [0.3, 0.4) is 0 Å². The minimum Gasteiger partial charge on any atom is -0.462 e. The molecule has 0 aliphatic rings. The van der Waals surface area contributed by atoms with E-state index in [9.17, 15) is 14.4 Å². The summed E-state index contributed by atoms with van der Waals surface area (Å²) in [6, 6.07) is 0. The van der Waals surface area contributed by atoms with Crippen LogP contribution in [-0.4, -0.2) is 37.2 Å². The van der Waals surface area contributed by atoms with Gasteiger partial charge in [0.15, 0.2) is 6.10 Å². The Morgan fingerprint density at radius 2 is 0.500 bits per heavy atom. The molecule has 0 radical (unpaired) electrons. The summed E-state index contributed by atoms with van der Waals surface area (Å²) in [6.45, 7) is 6.69. The summed E-state index contributed by atoms with van der Waals surface area (Å²) in [5, 5.41) is 0. The lowest BCUT2D eigenvalue weighted by atomic mass is 10.0. The Labute approximate surface area is 411 Å². The van der Waals surface area contributed by atoms with Crippen molar-refractivity contribution >= 4 is 17.9 Å². The molecule has 1 atom stereocenters. The first-order chi connectivity index (χ1) is 32.5. The largest absolute Gasteiger partial charge is 0.462 e. The monoisotopic (exact) mass is 931 g/mol. The van der Waals surface area contributed by atoms with Gasteiger partial charge in [-0.3, -0.25) is 14.4 Å². The van der Waals surface area contributed by atoms with Crippen molar-refractivity contribution in [2.45, 2.75) is 341 Å². The second kappa shape index (κ2) is 55.7. The van der Waals surface area contributed by atoms with E-state index in [1.165, 1.54) is 238 Å². The molecule has 0 N–H and O–H groups in total. The van der Waals surface area contributed by atoms with Crippen molar-refractivity contribution in [1.29, 1.82) is 0 Å². The van der Waals surface area contributed by atoms with Gasteiger partial charge in [-0.2, -0.15) is 0 Å². The molecule has 0 rings (SSSR count). The Morgan fingerprint density at radius 3 is 0.773 bits per heavy atom. The second-order valence-electron chi connectivity index (χ2n) is 20.3. The van der Waals surface area contributed by atoms with E-state index < -0.39 is 6.10 Å². The van der Waals surface area contributed by atoms with E-state index in [-0.39, 0.29) is 31.1 Å². The number of ether oxygens (including phenoxy) is 3. The highest BCUT2D eigenvalue weighted by molar-refractivity contribution is 5.71. The van der Waals surface area contributed by atoms with Gasteiger partial charge in [0.25, 0.3) is 0 Å². The number of allylic oxidation sites excluding steroid dienone is 2. The highest BCUT2D eigenvalue weighted by Crippen LogP contribution is 2.17. The van der Waals surface area contributed by atoms with Crippen LogP contribution in [0.1, 0.15) is 335 Å². The van der Waals surface area contributed by atoms with Crippen molar-refractivity contribution in [3.05, 3.63) is 12.2 Å². The Morgan fingerprint density at radius 1 is 0.288 bits per heavy atom. The molecule has 0 heterocycles. The van der Waals surface area contributed by atoms with Crippen molar-refractivity contribution in [3.8, 4) is 0 Å². The molecule has 0 amide bonds. The number of carbonyl (C=O) groups is 3. The molecular weight excluding hydrogens is 817 g/mol. The van der Waals surface area contributed by atoms with Gasteiger partial charge in [-0.25, -0.2) is 0 Å². The lowest BCUT2D eigenvalue weighted by Crippen LogP contribution is -2.30. The first-order valence-corrected chi connectivity index (χ1v) is 29.7. The van der Waals surface area contributed by atoms with Crippen LogP contribution in [0.25, 0.3) is 0 Å². The van der Waals surface area contributed by atoms with Crippen molar-refractivity contribution in [1.82, 2.24) is 0 Å². The molecule has 0 aromatic rings. The third-order valence-corrected chi connectivity index (χ3v) is 13.5. The van der Waals surface area contributed by atoms with Crippen molar-refractivity contribution in [3.63, 3.8) is 0 Å². The van der Waals surface area contributed by atoms with E-state index in [0.29, 0.717) is 19.3 Å². The van der Waals surface area contributed by atoms with Crippen LogP contribution in [0, 0.1) is 0 Å². The SMILES string of the molecule is CCCCCC/C=C/CCCCCCCCCC(=O)O[C@H](COC(=O)CCCCCCCCCCCCCCCCC)COC(=O)CCCCCCCCCCCCCCCCCCCC. The van der Waals surface area contributed by atoms with E-state index >= 15 is 0 Å². The normalized spacial score (nSPS) is 12.0. The molecule has 0 aliphatic heterocycles. The predicted molar refractivity (Wildman–Crippen MR) is 284 cm³/mol. The van der Waals surface area contributed by atoms with Gasteiger partial charge in [0, 0.05) is 19.3 Å². The average Bonchev–Trinajstić information content (AvgIpc) is 3.31. The summed E-state index contributed by atoms with van der Waals surface area (Å²) in [6.07, 6.45) is 63.4. The Balaban J connectivity index is 4.30. The van der Waals surface area contributed by atoms with Crippen LogP contribution in [0.2, 0.25) is 0 Å². The van der Waals surface area contributed by atoms with Gasteiger partial charge >= 0.3 is 17.9 Å². The third-order valence-electron chi connectivity index (χ3n) is 13.5. The molecule has 0 fully saturated rings. The highest BCUT2D eigenvalue weighted by Gasteiger charge is 2.19. The molecule has 66 heavy (non-hydrogen) atoms. The average molecular weight is 932 g/mol. The van der Waals surface area contributed by atoms with Gasteiger partial charge in [0.05, 0.1) is 0 Å². The van der Waals surface area contributed by atoms with Crippen LogP contribution >= 0.6 is 0 Å². The summed E-state index contributed by atoms with van der Waals surface area (Å²) in [5.41, 5.74) is 0. The van der Waals surface area contributed by atoms with Crippen LogP contribution < -0.4 is 0 Å². The summed E-state index contributed by atoms with van der Waals surface area (Å²) in [4.78, 5) is 38.2. The molecule has 6 nitrogen and oxygen atoms in total. The number of esters is 3. The fraction of sp³-hybridized carbons (Fsp3) is 0.917. The van der Waals surface area contributed by atoms with Crippen LogP contribution in [0.4, 0.5) is 0 Å². The van der Waals surface area contributed by atoms with Crippen molar-refractivity contribution < 1.29 is 28.6 Å². The molecule has 0 saturated carbocycles. The molecule has 0 spiro atoms. The Hall–Kier alpha value is -1.85. The Bertz CT molecular complexity index is 1020. The van der Waals surface area contributed by atoms with E-state index in [4.69, 9.17) is 14.2 Å². The van der Waals surface area contributed by atoms with E-state index in [2.05, 4.69) is 32.9 Å². The molecule has 0 aliphatic carbocycles. The van der Waals surface area contributed by atoms with Crippen LogP contribution in [0.15, 0.2) is 12.2 Å². The molecule has 0 aromatic heterocycles. The van der Waals surface area contributed by atoms with Gasteiger partial charge in [-0.1, -0.05) is 283 Å². The smallest absolute Gasteiger partial charge is 0.306 e. The number of carbonyl (C=O) groups excluding carboxylic acids is 3. The zero-order chi connectivity index (χ0) is 47.9. The van der Waals surface area contributed by atoms with Gasteiger partial charge in [-0.05, 0) is 44.9 Å². The van der Waals surface area contributed by atoms with Crippen LogP contribution in [0.5, 0.6) is 0 Å². The van der Waals surface area contributed by atoms with Gasteiger partial charge in [-0.15, -0.1) is 0 Å². The quantitative estimate of drug-likeness (QED) is 0.0262. The minimum absolute atomic E-state index is 0.0656. The van der Waals surface area contributed by atoms with E-state index in [0.717, 1.165) is 57.8 Å². The number of hydrogen-bond acceptors (Lipinski definition) is 6. The molecule has 390 valence electrons. The molecule has 0 bridgehead atoms. The van der Waals surface area contributed by atoms with Gasteiger partial charge < -0.3 is 14.2 Å². The minimum atomic E-state index is -0.767. The molecule has 0 aromatic carbocycles. The Kier molecular flexibility index (Phi) is 54.2. The first-order valence-electron chi connectivity index (χ1n) is 29.7. The van der Waals surface area contributed by atoms with Crippen molar-refractivity contribution in [2.75, 3.05) is 13.2 Å². The van der Waals surface area contributed by atoms with Crippen molar-refractivity contribution in [2.24, 2.45) is 0 Å². The van der Waals surface area contributed by atoms with E-state index in [1.54, 1.807) is 0 Å².